The lowest BCUT2D eigenvalue weighted by Crippen LogP contribution is -2.21. The third-order valence-electron chi connectivity index (χ3n) is 0.624. The largest absolute Gasteiger partial charge is 0.396 e. The Bertz CT molecular complexity index is 72.8. The lowest BCUT2D eigenvalue weighted by Gasteiger charge is -1.95. The maximum Gasteiger partial charge on any atom is 0.216 e. The highest BCUT2D eigenvalue weighted by molar-refractivity contribution is 5.72. The van der Waals surface area contributed by atoms with Crippen LogP contribution in [-0.4, -0.2) is 24.2 Å². The molecule has 8 heavy (non-hydrogen) atoms. The smallest absolute Gasteiger partial charge is 0.216 e. The zero-order valence-electron chi connectivity index (χ0n) is 4.85. The van der Waals surface area contributed by atoms with Gasteiger partial charge in [-0.2, -0.15) is 0 Å². The Labute approximate surface area is 48.7 Å². The van der Waals surface area contributed by atoms with Crippen LogP contribution in [0, 0.1) is 6.42 Å². The molecular weight excluding hydrogens is 106 g/mol. The van der Waals surface area contributed by atoms with E-state index in [9.17, 15) is 4.79 Å². The van der Waals surface area contributed by atoms with Crippen LogP contribution in [0.4, 0.5) is 0 Å². The molecule has 0 fully saturated rings. The monoisotopic (exact) mass is 116 g/mol. The summed E-state index contributed by atoms with van der Waals surface area (Å²) in [6.07, 6.45) is 1.57. The van der Waals surface area contributed by atoms with Gasteiger partial charge in [-0.25, -0.2) is 0 Å². The second-order valence-electron chi connectivity index (χ2n) is 1.41. The van der Waals surface area contributed by atoms with Crippen LogP contribution in [0.5, 0.6) is 0 Å². The molecule has 0 aliphatic rings. The summed E-state index contributed by atoms with van der Waals surface area (Å²) >= 11 is 0. The van der Waals surface area contributed by atoms with Crippen molar-refractivity contribution in [3.05, 3.63) is 6.42 Å². The summed E-state index contributed by atoms with van der Waals surface area (Å²) in [5, 5.41) is 10.7. The Morgan fingerprint density at radius 3 is 2.88 bits per heavy atom. The van der Waals surface area contributed by atoms with E-state index in [-0.39, 0.29) is 12.5 Å². The average Bonchev–Trinajstić information content (AvgIpc) is 1.66. The van der Waals surface area contributed by atoms with Crippen molar-refractivity contribution in [2.75, 3.05) is 13.2 Å². The van der Waals surface area contributed by atoms with E-state index in [1.165, 1.54) is 6.92 Å². The first-order valence-electron chi connectivity index (χ1n) is 2.44. The third kappa shape index (κ3) is 5.43. The van der Waals surface area contributed by atoms with E-state index in [0.29, 0.717) is 6.54 Å². The van der Waals surface area contributed by atoms with E-state index < -0.39 is 0 Å². The van der Waals surface area contributed by atoms with Gasteiger partial charge in [-0.15, -0.1) is 0 Å². The van der Waals surface area contributed by atoms with Gasteiger partial charge in [0.2, 0.25) is 5.91 Å². The first-order valence-corrected chi connectivity index (χ1v) is 2.44. The van der Waals surface area contributed by atoms with Gasteiger partial charge in [0.25, 0.3) is 0 Å². The Morgan fingerprint density at radius 1 is 1.88 bits per heavy atom. The molecule has 0 bridgehead atoms. The molecule has 0 atom stereocenters. The summed E-state index contributed by atoms with van der Waals surface area (Å²) in [4.78, 5) is 10.1. The fourth-order valence-corrected chi connectivity index (χ4v) is 0.280. The molecule has 0 rings (SSSR count). The first-order chi connectivity index (χ1) is 3.77. The van der Waals surface area contributed by atoms with Crippen LogP contribution in [0.25, 0.3) is 0 Å². The normalized spacial score (nSPS) is 8.75. The first kappa shape index (κ1) is 7.43. The van der Waals surface area contributed by atoms with Crippen molar-refractivity contribution < 1.29 is 9.90 Å². The summed E-state index contributed by atoms with van der Waals surface area (Å²) in [5.41, 5.74) is 0. The molecule has 1 amide bonds. The molecule has 0 aromatic heterocycles. The zero-order valence-corrected chi connectivity index (χ0v) is 4.85. The lowest BCUT2D eigenvalue weighted by molar-refractivity contribution is -0.118. The minimum atomic E-state index is -0.0744. The van der Waals surface area contributed by atoms with Crippen LogP contribution in [0.15, 0.2) is 0 Å². The minimum absolute atomic E-state index is 0.0142. The van der Waals surface area contributed by atoms with E-state index in [2.05, 4.69) is 5.32 Å². The Kier molecular flexibility index (Phi) is 4.26. The second kappa shape index (κ2) is 4.59. The summed E-state index contributed by atoms with van der Waals surface area (Å²) in [6.45, 7) is 1.90. The van der Waals surface area contributed by atoms with E-state index in [1.54, 1.807) is 6.42 Å². The maximum atomic E-state index is 10.1. The van der Waals surface area contributed by atoms with E-state index >= 15 is 0 Å². The van der Waals surface area contributed by atoms with E-state index in [4.69, 9.17) is 5.11 Å². The second-order valence-corrected chi connectivity index (χ2v) is 1.41. The third-order valence-corrected chi connectivity index (χ3v) is 0.624. The topological polar surface area (TPSA) is 49.3 Å². The van der Waals surface area contributed by atoms with Gasteiger partial charge >= 0.3 is 0 Å². The summed E-state index contributed by atoms with van der Waals surface area (Å²) in [6, 6.07) is 0. The minimum Gasteiger partial charge on any atom is -0.396 e. The van der Waals surface area contributed by atoms with Crippen LogP contribution < -0.4 is 5.32 Å². The molecule has 0 heterocycles. The molecule has 0 saturated carbocycles. The highest BCUT2D eigenvalue weighted by Gasteiger charge is 1.86. The molecule has 0 unspecified atom stereocenters. The van der Waals surface area contributed by atoms with Gasteiger partial charge < -0.3 is 10.4 Å². The number of aliphatic hydroxyl groups excluding tert-OH is 1. The van der Waals surface area contributed by atoms with Crippen molar-refractivity contribution in [1.82, 2.24) is 5.32 Å². The van der Waals surface area contributed by atoms with Crippen LogP contribution >= 0.6 is 0 Å². The van der Waals surface area contributed by atoms with Crippen molar-refractivity contribution >= 4 is 5.91 Å². The quantitative estimate of drug-likeness (QED) is 0.480. The number of rotatable bonds is 3. The standard InChI is InChI=1S/C5H10NO2/c1-5(8)6-3-2-4-7/h2,7H,3-4H2,1H3,(H,6,8). The number of hydrogen-bond donors (Lipinski definition) is 2. The van der Waals surface area contributed by atoms with Gasteiger partial charge in [-0.1, -0.05) is 0 Å². The molecule has 0 aliphatic heterocycles. The highest BCUT2D eigenvalue weighted by Crippen LogP contribution is 1.68. The maximum absolute atomic E-state index is 10.1. The summed E-state index contributed by atoms with van der Waals surface area (Å²) in [5.74, 6) is -0.0744. The zero-order chi connectivity index (χ0) is 6.41. The van der Waals surface area contributed by atoms with Gasteiger partial charge in [-0.3, -0.25) is 4.79 Å². The van der Waals surface area contributed by atoms with E-state index in [0.717, 1.165) is 0 Å². The van der Waals surface area contributed by atoms with Crippen molar-refractivity contribution in [2.24, 2.45) is 0 Å². The van der Waals surface area contributed by atoms with Gasteiger partial charge in [0.1, 0.15) is 0 Å². The molecule has 0 aromatic rings. The van der Waals surface area contributed by atoms with Gasteiger partial charge in [0.15, 0.2) is 0 Å². The SMILES string of the molecule is CC(=O)NC[CH]CO. The van der Waals surface area contributed by atoms with E-state index in [1.807, 2.05) is 0 Å². The van der Waals surface area contributed by atoms with Gasteiger partial charge in [-0.05, 0) is 0 Å². The van der Waals surface area contributed by atoms with Crippen molar-refractivity contribution in [3.63, 3.8) is 0 Å². The molecule has 0 saturated heterocycles. The predicted molar refractivity (Wildman–Crippen MR) is 30.1 cm³/mol. The van der Waals surface area contributed by atoms with Crippen LogP contribution in [-0.2, 0) is 4.79 Å². The highest BCUT2D eigenvalue weighted by atomic mass is 16.3. The molecular formula is C5H10NO2. The van der Waals surface area contributed by atoms with Crippen molar-refractivity contribution in [3.8, 4) is 0 Å². The van der Waals surface area contributed by atoms with Crippen molar-refractivity contribution in [2.45, 2.75) is 6.92 Å². The molecule has 0 aliphatic carbocycles. The fraction of sp³-hybridized carbons (Fsp3) is 0.600. The number of carbonyl (C=O) groups is 1. The summed E-state index contributed by atoms with van der Waals surface area (Å²) < 4.78 is 0. The number of carbonyl (C=O) groups excluding carboxylic acids is 1. The molecule has 2 N–H and O–H groups in total. The molecule has 1 radical (unpaired) electrons. The van der Waals surface area contributed by atoms with Crippen molar-refractivity contribution in [1.29, 1.82) is 0 Å². The molecule has 3 nitrogen and oxygen atoms in total. The number of aliphatic hydroxyl groups is 1. The predicted octanol–water partition coefficient (Wildman–Crippen LogP) is -0.681. The Hall–Kier alpha value is -0.570. The molecule has 3 heteroatoms. The Balaban J connectivity index is 2.82. The number of amides is 1. The number of nitrogens with one attached hydrogen (secondary N) is 1. The van der Waals surface area contributed by atoms with Crippen LogP contribution in [0.2, 0.25) is 0 Å². The fourth-order valence-electron chi connectivity index (χ4n) is 0.280. The molecule has 0 spiro atoms. The Morgan fingerprint density at radius 2 is 2.50 bits per heavy atom. The number of hydrogen-bond acceptors (Lipinski definition) is 2. The summed E-state index contributed by atoms with van der Waals surface area (Å²) in [7, 11) is 0. The average molecular weight is 116 g/mol. The lowest BCUT2D eigenvalue weighted by atomic mass is 10.4. The van der Waals surface area contributed by atoms with Crippen LogP contribution in [0.1, 0.15) is 6.92 Å². The van der Waals surface area contributed by atoms with Crippen LogP contribution in [0.3, 0.4) is 0 Å². The van der Waals surface area contributed by atoms with Gasteiger partial charge in [0.05, 0.1) is 0 Å². The van der Waals surface area contributed by atoms with Gasteiger partial charge in [0, 0.05) is 26.5 Å². The molecule has 47 valence electrons. The molecule has 0 aromatic carbocycles.